The molecule has 0 radical (unpaired) electrons. The summed E-state index contributed by atoms with van der Waals surface area (Å²) < 4.78 is 23.1. The summed E-state index contributed by atoms with van der Waals surface area (Å²) in [5, 5.41) is -0.322. The van der Waals surface area contributed by atoms with E-state index in [9.17, 15) is 8.42 Å². The molecule has 1 aliphatic heterocycles. The van der Waals surface area contributed by atoms with Gasteiger partial charge in [0.2, 0.25) is 0 Å². The monoisotopic (exact) mass is 196 g/mol. The minimum Gasteiger partial charge on any atom is -0.228 e. The maximum absolute atomic E-state index is 11.5. The van der Waals surface area contributed by atoms with Crippen molar-refractivity contribution in [3.05, 3.63) is 35.4 Å². The lowest BCUT2D eigenvalue weighted by Crippen LogP contribution is -2.22. The quantitative estimate of drug-likeness (QED) is 0.633. The molecule has 1 aromatic carbocycles. The number of hydrogen-bond acceptors (Lipinski definition) is 2. The molecular formula is C10H12O2S. The molecule has 70 valence electrons. The van der Waals surface area contributed by atoms with Crippen molar-refractivity contribution in [2.75, 3.05) is 5.75 Å². The van der Waals surface area contributed by atoms with Crippen molar-refractivity contribution in [1.82, 2.24) is 0 Å². The first-order valence-electron chi connectivity index (χ1n) is 4.40. The number of aryl methyl sites for hydroxylation is 1. The average Bonchev–Trinajstić information content (AvgIpc) is 2.13. The van der Waals surface area contributed by atoms with Crippen molar-refractivity contribution in [1.29, 1.82) is 0 Å². The number of hydrogen-bond donors (Lipinski definition) is 0. The van der Waals surface area contributed by atoms with Crippen LogP contribution >= 0.6 is 0 Å². The molecule has 2 rings (SSSR count). The predicted molar refractivity (Wildman–Crippen MR) is 52.3 cm³/mol. The largest absolute Gasteiger partial charge is 0.228 e. The fourth-order valence-electron chi connectivity index (χ4n) is 1.78. The van der Waals surface area contributed by atoms with E-state index in [0.29, 0.717) is 12.2 Å². The van der Waals surface area contributed by atoms with Crippen molar-refractivity contribution >= 4 is 9.84 Å². The van der Waals surface area contributed by atoms with Crippen LogP contribution in [0.15, 0.2) is 24.3 Å². The molecule has 0 aliphatic carbocycles. The maximum Gasteiger partial charge on any atom is 0.157 e. The van der Waals surface area contributed by atoms with Crippen molar-refractivity contribution in [2.45, 2.75) is 18.6 Å². The van der Waals surface area contributed by atoms with Gasteiger partial charge in [-0.05, 0) is 24.5 Å². The van der Waals surface area contributed by atoms with Crippen LogP contribution < -0.4 is 0 Å². The van der Waals surface area contributed by atoms with Crippen LogP contribution in [0.25, 0.3) is 0 Å². The van der Waals surface area contributed by atoms with Crippen LogP contribution in [0.4, 0.5) is 0 Å². The Kier molecular flexibility index (Phi) is 1.91. The average molecular weight is 196 g/mol. The van der Waals surface area contributed by atoms with E-state index in [4.69, 9.17) is 0 Å². The number of fused-ring (bicyclic) bond motifs is 1. The maximum atomic E-state index is 11.5. The molecule has 0 fully saturated rings. The van der Waals surface area contributed by atoms with Crippen molar-refractivity contribution in [2.24, 2.45) is 0 Å². The van der Waals surface area contributed by atoms with Gasteiger partial charge in [0.25, 0.3) is 0 Å². The summed E-state index contributed by atoms with van der Waals surface area (Å²) in [5.74, 6) is 0.297. The number of benzene rings is 1. The molecule has 1 aliphatic rings. The minimum absolute atomic E-state index is 0.297. The van der Waals surface area contributed by atoms with Gasteiger partial charge in [-0.3, -0.25) is 0 Å². The second-order valence-electron chi connectivity index (χ2n) is 3.46. The summed E-state index contributed by atoms with van der Waals surface area (Å²) in [7, 11) is -2.87. The normalized spacial score (nSPS) is 25.2. The molecule has 0 spiro atoms. The molecule has 1 heterocycles. The summed E-state index contributed by atoms with van der Waals surface area (Å²) in [6, 6.07) is 7.79. The van der Waals surface area contributed by atoms with Crippen LogP contribution in [0.1, 0.15) is 23.3 Å². The first-order valence-corrected chi connectivity index (χ1v) is 6.12. The molecular weight excluding hydrogens is 184 g/mol. The van der Waals surface area contributed by atoms with E-state index in [2.05, 4.69) is 0 Å². The van der Waals surface area contributed by atoms with Crippen molar-refractivity contribution in [3.8, 4) is 0 Å². The first kappa shape index (κ1) is 8.75. The molecule has 13 heavy (non-hydrogen) atoms. The van der Waals surface area contributed by atoms with Crippen LogP contribution in [-0.4, -0.2) is 14.2 Å². The Morgan fingerprint density at radius 1 is 1.31 bits per heavy atom. The predicted octanol–water partition coefficient (Wildman–Crippen LogP) is 1.72. The van der Waals surface area contributed by atoms with Crippen LogP contribution in [-0.2, 0) is 16.3 Å². The smallest absolute Gasteiger partial charge is 0.157 e. The van der Waals surface area contributed by atoms with E-state index in [1.165, 1.54) is 5.56 Å². The van der Waals surface area contributed by atoms with Crippen LogP contribution in [0.3, 0.4) is 0 Å². The fourth-order valence-corrected chi connectivity index (χ4v) is 3.26. The van der Waals surface area contributed by atoms with E-state index < -0.39 is 9.84 Å². The van der Waals surface area contributed by atoms with Gasteiger partial charge in [-0.1, -0.05) is 24.3 Å². The highest BCUT2D eigenvalue weighted by molar-refractivity contribution is 7.91. The standard InChI is InChI=1S/C10H12O2S/c1-8-10-5-3-2-4-9(10)6-7-13(8,11)12/h2-5,8H,6-7H2,1H3. The van der Waals surface area contributed by atoms with E-state index in [1.54, 1.807) is 6.92 Å². The third-order valence-electron chi connectivity index (χ3n) is 2.69. The third-order valence-corrected chi connectivity index (χ3v) is 4.79. The summed E-state index contributed by atoms with van der Waals surface area (Å²) in [5.41, 5.74) is 2.17. The zero-order valence-electron chi connectivity index (χ0n) is 7.53. The van der Waals surface area contributed by atoms with Gasteiger partial charge in [-0.2, -0.15) is 0 Å². The van der Waals surface area contributed by atoms with E-state index in [0.717, 1.165) is 5.56 Å². The first-order chi connectivity index (χ1) is 6.11. The highest BCUT2D eigenvalue weighted by Gasteiger charge is 2.28. The lowest BCUT2D eigenvalue weighted by molar-refractivity contribution is 0.581. The van der Waals surface area contributed by atoms with Crippen molar-refractivity contribution < 1.29 is 8.42 Å². The molecule has 0 amide bonds. The lowest BCUT2D eigenvalue weighted by Gasteiger charge is -2.22. The van der Waals surface area contributed by atoms with Gasteiger partial charge >= 0.3 is 0 Å². The minimum atomic E-state index is -2.87. The van der Waals surface area contributed by atoms with E-state index in [-0.39, 0.29) is 5.25 Å². The number of rotatable bonds is 0. The van der Waals surface area contributed by atoms with Gasteiger partial charge in [0.15, 0.2) is 9.84 Å². The zero-order valence-corrected chi connectivity index (χ0v) is 8.34. The summed E-state index contributed by atoms with van der Waals surface area (Å²) in [6.45, 7) is 1.77. The molecule has 1 atom stereocenters. The van der Waals surface area contributed by atoms with Gasteiger partial charge in [0, 0.05) is 0 Å². The Morgan fingerprint density at radius 3 is 2.77 bits per heavy atom. The van der Waals surface area contributed by atoms with Gasteiger partial charge in [0.1, 0.15) is 0 Å². The highest BCUT2D eigenvalue weighted by Crippen LogP contribution is 2.30. The Hall–Kier alpha value is -0.830. The number of sulfone groups is 1. The van der Waals surface area contributed by atoms with Gasteiger partial charge in [-0.15, -0.1) is 0 Å². The SMILES string of the molecule is CC1c2ccccc2CCS1(=O)=O. The molecule has 0 saturated carbocycles. The molecule has 3 heteroatoms. The molecule has 1 unspecified atom stereocenters. The molecule has 2 nitrogen and oxygen atoms in total. The molecule has 0 bridgehead atoms. The summed E-state index contributed by atoms with van der Waals surface area (Å²) >= 11 is 0. The second-order valence-corrected chi connectivity index (χ2v) is 5.90. The Morgan fingerprint density at radius 2 is 2.00 bits per heavy atom. The van der Waals surface area contributed by atoms with Gasteiger partial charge in [-0.25, -0.2) is 8.42 Å². The lowest BCUT2D eigenvalue weighted by atomic mass is 10.0. The Balaban J connectivity index is 2.58. The highest BCUT2D eigenvalue weighted by atomic mass is 32.2. The zero-order chi connectivity index (χ0) is 9.47. The van der Waals surface area contributed by atoms with Gasteiger partial charge in [0.05, 0.1) is 11.0 Å². The molecule has 1 aromatic rings. The van der Waals surface area contributed by atoms with E-state index in [1.807, 2.05) is 24.3 Å². The van der Waals surface area contributed by atoms with Crippen LogP contribution in [0.5, 0.6) is 0 Å². The fraction of sp³-hybridized carbons (Fsp3) is 0.400. The van der Waals surface area contributed by atoms with Crippen molar-refractivity contribution in [3.63, 3.8) is 0 Å². The third kappa shape index (κ3) is 1.37. The second kappa shape index (κ2) is 2.84. The summed E-state index contributed by atoms with van der Waals surface area (Å²) in [6.07, 6.45) is 0.669. The molecule has 0 N–H and O–H groups in total. The molecule has 0 aromatic heterocycles. The molecule has 0 saturated heterocycles. The Labute approximate surface area is 78.5 Å². The Bertz CT molecular complexity index is 420. The van der Waals surface area contributed by atoms with Crippen LogP contribution in [0, 0.1) is 0 Å². The summed E-state index contributed by atoms with van der Waals surface area (Å²) in [4.78, 5) is 0. The topological polar surface area (TPSA) is 34.1 Å². The van der Waals surface area contributed by atoms with Gasteiger partial charge < -0.3 is 0 Å². The van der Waals surface area contributed by atoms with Crippen LogP contribution in [0.2, 0.25) is 0 Å². The van der Waals surface area contributed by atoms with E-state index >= 15 is 0 Å².